The van der Waals surface area contributed by atoms with Gasteiger partial charge in [0.1, 0.15) is 5.01 Å². The predicted octanol–water partition coefficient (Wildman–Crippen LogP) is 5.80. The SMILES string of the molecule is CC(C)(C)c1ccc(-c2nnc(NC(=O)Nc3cccc(Cl)c3)s2)cc1. The van der Waals surface area contributed by atoms with Gasteiger partial charge in [-0.15, -0.1) is 10.2 Å². The highest BCUT2D eigenvalue weighted by Crippen LogP contribution is 2.29. The van der Waals surface area contributed by atoms with Crippen molar-refractivity contribution >= 4 is 39.8 Å². The largest absolute Gasteiger partial charge is 0.325 e. The van der Waals surface area contributed by atoms with Gasteiger partial charge in [-0.1, -0.05) is 74.0 Å². The van der Waals surface area contributed by atoms with Crippen molar-refractivity contribution in [1.29, 1.82) is 0 Å². The van der Waals surface area contributed by atoms with E-state index in [0.29, 0.717) is 15.8 Å². The number of carbonyl (C=O) groups excluding carboxylic acids is 1. The zero-order valence-corrected chi connectivity index (χ0v) is 16.3. The van der Waals surface area contributed by atoms with E-state index in [4.69, 9.17) is 11.6 Å². The summed E-state index contributed by atoms with van der Waals surface area (Å²) in [6, 6.07) is 14.8. The molecule has 0 aliphatic rings. The van der Waals surface area contributed by atoms with Crippen LogP contribution in [0.25, 0.3) is 10.6 Å². The third kappa shape index (κ3) is 4.59. The van der Waals surface area contributed by atoms with Crippen LogP contribution < -0.4 is 10.6 Å². The highest BCUT2D eigenvalue weighted by molar-refractivity contribution is 7.18. The molecule has 0 unspecified atom stereocenters. The van der Waals surface area contributed by atoms with E-state index in [1.165, 1.54) is 16.9 Å². The number of urea groups is 1. The minimum Gasteiger partial charge on any atom is -0.308 e. The fourth-order valence-corrected chi connectivity index (χ4v) is 3.26. The van der Waals surface area contributed by atoms with Crippen LogP contribution in [0.2, 0.25) is 5.02 Å². The van der Waals surface area contributed by atoms with Crippen LogP contribution in [0.1, 0.15) is 26.3 Å². The number of benzene rings is 2. The van der Waals surface area contributed by atoms with E-state index in [9.17, 15) is 4.79 Å². The highest BCUT2D eigenvalue weighted by atomic mass is 35.5. The number of carbonyl (C=O) groups is 1. The number of nitrogens with one attached hydrogen (secondary N) is 2. The monoisotopic (exact) mass is 386 g/mol. The maximum absolute atomic E-state index is 12.1. The van der Waals surface area contributed by atoms with Crippen LogP contribution in [-0.4, -0.2) is 16.2 Å². The van der Waals surface area contributed by atoms with Gasteiger partial charge in [0.05, 0.1) is 0 Å². The van der Waals surface area contributed by atoms with Crippen molar-refractivity contribution in [1.82, 2.24) is 10.2 Å². The van der Waals surface area contributed by atoms with Crippen LogP contribution in [0.5, 0.6) is 0 Å². The van der Waals surface area contributed by atoms with Crippen LogP contribution in [0.15, 0.2) is 48.5 Å². The van der Waals surface area contributed by atoms with Crippen molar-refractivity contribution in [3.8, 4) is 10.6 Å². The molecular weight excluding hydrogens is 368 g/mol. The van der Waals surface area contributed by atoms with Gasteiger partial charge in [-0.05, 0) is 29.2 Å². The van der Waals surface area contributed by atoms with Crippen molar-refractivity contribution in [2.75, 3.05) is 10.6 Å². The molecule has 2 amide bonds. The Labute approximate surface area is 161 Å². The average molecular weight is 387 g/mol. The van der Waals surface area contributed by atoms with Crippen LogP contribution >= 0.6 is 22.9 Å². The number of hydrogen-bond acceptors (Lipinski definition) is 4. The molecule has 0 radical (unpaired) electrons. The molecule has 2 N–H and O–H groups in total. The van der Waals surface area contributed by atoms with Gasteiger partial charge in [-0.2, -0.15) is 0 Å². The summed E-state index contributed by atoms with van der Waals surface area (Å²) in [6.07, 6.45) is 0. The Morgan fingerprint density at radius 1 is 1.04 bits per heavy atom. The van der Waals surface area contributed by atoms with E-state index in [1.54, 1.807) is 24.3 Å². The molecule has 1 aromatic heterocycles. The summed E-state index contributed by atoms with van der Waals surface area (Å²) < 4.78 is 0. The van der Waals surface area contributed by atoms with Crippen LogP contribution in [0.3, 0.4) is 0 Å². The first-order chi connectivity index (χ1) is 12.3. The molecule has 26 heavy (non-hydrogen) atoms. The van der Waals surface area contributed by atoms with E-state index >= 15 is 0 Å². The summed E-state index contributed by atoms with van der Waals surface area (Å²) in [6.45, 7) is 6.52. The van der Waals surface area contributed by atoms with Crippen LogP contribution in [0.4, 0.5) is 15.6 Å². The maximum Gasteiger partial charge on any atom is 0.325 e. The van der Waals surface area contributed by atoms with Crippen LogP contribution in [-0.2, 0) is 5.41 Å². The van der Waals surface area contributed by atoms with Gasteiger partial charge in [0.25, 0.3) is 0 Å². The fourth-order valence-electron chi connectivity index (χ4n) is 2.33. The molecule has 5 nitrogen and oxygen atoms in total. The van der Waals surface area contributed by atoms with Crippen molar-refractivity contribution in [2.24, 2.45) is 0 Å². The van der Waals surface area contributed by atoms with Crippen molar-refractivity contribution in [3.63, 3.8) is 0 Å². The zero-order valence-electron chi connectivity index (χ0n) is 14.7. The van der Waals surface area contributed by atoms with E-state index in [-0.39, 0.29) is 5.41 Å². The smallest absolute Gasteiger partial charge is 0.308 e. The number of nitrogens with zero attached hydrogens (tertiary/aromatic N) is 2. The molecular formula is C19H19ClN4OS. The summed E-state index contributed by atoms with van der Waals surface area (Å²) in [4.78, 5) is 12.1. The summed E-state index contributed by atoms with van der Waals surface area (Å²) in [7, 11) is 0. The maximum atomic E-state index is 12.1. The van der Waals surface area contributed by atoms with E-state index in [1.807, 2.05) is 12.1 Å². The van der Waals surface area contributed by atoms with Gasteiger partial charge in [0, 0.05) is 16.3 Å². The molecule has 0 aliphatic heterocycles. The molecule has 0 spiro atoms. The average Bonchev–Trinajstić information content (AvgIpc) is 3.02. The summed E-state index contributed by atoms with van der Waals surface area (Å²) in [5.74, 6) is 0. The minimum absolute atomic E-state index is 0.102. The Balaban J connectivity index is 1.67. The molecule has 0 saturated carbocycles. The lowest BCUT2D eigenvalue weighted by Crippen LogP contribution is -2.19. The molecule has 1 heterocycles. The Morgan fingerprint density at radius 3 is 2.42 bits per heavy atom. The predicted molar refractivity (Wildman–Crippen MR) is 108 cm³/mol. The number of aromatic nitrogens is 2. The Morgan fingerprint density at radius 2 is 1.77 bits per heavy atom. The normalized spacial score (nSPS) is 11.2. The summed E-state index contributed by atoms with van der Waals surface area (Å²) >= 11 is 7.23. The van der Waals surface area contributed by atoms with E-state index in [0.717, 1.165) is 10.6 Å². The molecule has 3 aromatic rings. The van der Waals surface area contributed by atoms with Crippen molar-refractivity contribution < 1.29 is 4.79 Å². The van der Waals surface area contributed by atoms with Gasteiger partial charge in [-0.3, -0.25) is 5.32 Å². The minimum atomic E-state index is -0.391. The third-order valence-corrected chi connectivity index (χ3v) is 4.85. The topological polar surface area (TPSA) is 66.9 Å². The first kappa shape index (κ1) is 18.4. The molecule has 134 valence electrons. The Bertz CT molecular complexity index is 916. The quantitative estimate of drug-likeness (QED) is 0.597. The molecule has 0 aliphatic carbocycles. The second-order valence-corrected chi connectivity index (χ2v) is 8.24. The zero-order chi connectivity index (χ0) is 18.7. The molecule has 7 heteroatoms. The second-order valence-electron chi connectivity index (χ2n) is 6.83. The van der Waals surface area contributed by atoms with E-state index in [2.05, 4.69) is 53.7 Å². The molecule has 3 rings (SSSR count). The lowest BCUT2D eigenvalue weighted by Gasteiger charge is -2.18. The van der Waals surface area contributed by atoms with Crippen molar-refractivity contribution in [3.05, 3.63) is 59.1 Å². The van der Waals surface area contributed by atoms with Gasteiger partial charge in [0.2, 0.25) is 5.13 Å². The fraction of sp³-hybridized carbons (Fsp3) is 0.211. The Hall–Kier alpha value is -2.44. The number of amides is 2. The number of anilines is 2. The lowest BCUT2D eigenvalue weighted by molar-refractivity contribution is 0.262. The third-order valence-electron chi connectivity index (χ3n) is 3.73. The van der Waals surface area contributed by atoms with Crippen molar-refractivity contribution in [2.45, 2.75) is 26.2 Å². The molecule has 0 bridgehead atoms. The number of halogens is 1. The standard InChI is InChI=1S/C19H19ClN4OS/c1-19(2,3)13-9-7-12(8-10-13)16-23-24-18(26-16)22-17(25)21-15-6-4-5-14(20)11-15/h4-11H,1-3H3,(H2,21,22,24,25). The Kier molecular flexibility index (Phi) is 5.25. The summed E-state index contributed by atoms with van der Waals surface area (Å²) in [5.41, 5.74) is 2.94. The highest BCUT2D eigenvalue weighted by Gasteiger charge is 2.14. The first-order valence-corrected chi connectivity index (χ1v) is 9.29. The van der Waals surface area contributed by atoms with Crippen LogP contribution in [0, 0.1) is 0 Å². The van der Waals surface area contributed by atoms with Gasteiger partial charge in [0.15, 0.2) is 0 Å². The van der Waals surface area contributed by atoms with Gasteiger partial charge >= 0.3 is 6.03 Å². The summed E-state index contributed by atoms with van der Waals surface area (Å²) in [5, 5.41) is 15.3. The van der Waals surface area contributed by atoms with Gasteiger partial charge < -0.3 is 5.32 Å². The molecule has 0 fully saturated rings. The van der Waals surface area contributed by atoms with Gasteiger partial charge in [-0.25, -0.2) is 4.79 Å². The number of rotatable bonds is 3. The molecule has 0 saturated heterocycles. The molecule has 2 aromatic carbocycles. The number of hydrogen-bond donors (Lipinski definition) is 2. The second kappa shape index (κ2) is 7.43. The van der Waals surface area contributed by atoms with E-state index < -0.39 is 6.03 Å². The lowest BCUT2D eigenvalue weighted by atomic mass is 9.87. The molecule has 0 atom stereocenters. The first-order valence-electron chi connectivity index (χ1n) is 8.09.